The Labute approximate surface area is 313 Å². The molecule has 0 N–H and O–H groups in total. The van der Waals surface area contributed by atoms with Crippen molar-refractivity contribution in [1.82, 2.24) is 15.0 Å². The molecule has 0 aliphatic rings. The summed E-state index contributed by atoms with van der Waals surface area (Å²) >= 11 is 0. The lowest BCUT2D eigenvalue weighted by Gasteiger charge is -2.15. The summed E-state index contributed by atoms with van der Waals surface area (Å²) in [6, 6.07) is 70.7. The maximum Gasteiger partial charge on any atom is 0.164 e. The van der Waals surface area contributed by atoms with Gasteiger partial charge in [-0.15, -0.1) is 0 Å². The first-order chi connectivity index (χ1) is 26.7. The summed E-state index contributed by atoms with van der Waals surface area (Å²) in [5, 5.41) is 7.22. The quantitative estimate of drug-likeness (QED) is 0.175. The summed E-state index contributed by atoms with van der Waals surface area (Å²) in [6.07, 6.45) is 0. The van der Waals surface area contributed by atoms with Gasteiger partial charge in [0.15, 0.2) is 17.5 Å². The van der Waals surface area contributed by atoms with Crippen LogP contribution in [0.15, 0.2) is 200 Å². The van der Waals surface area contributed by atoms with Crippen LogP contribution in [0.3, 0.4) is 0 Å². The second-order valence-electron chi connectivity index (χ2n) is 13.6. The van der Waals surface area contributed by atoms with E-state index < -0.39 is 0 Å². The van der Waals surface area contributed by atoms with Crippen molar-refractivity contribution < 1.29 is 0 Å². The molecular formula is C51H33N3. The van der Waals surface area contributed by atoms with E-state index in [2.05, 4.69) is 176 Å². The van der Waals surface area contributed by atoms with Crippen molar-refractivity contribution in [3.8, 4) is 67.5 Å². The molecule has 0 unspecified atom stereocenters. The topological polar surface area (TPSA) is 38.7 Å². The van der Waals surface area contributed by atoms with Crippen LogP contribution in [-0.2, 0) is 0 Å². The van der Waals surface area contributed by atoms with E-state index in [9.17, 15) is 0 Å². The molecule has 0 saturated heterocycles. The van der Waals surface area contributed by atoms with E-state index in [0.29, 0.717) is 17.5 Å². The normalized spacial score (nSPS) is 11.3. The number of hydrogen-bond acceptors (Lipinski definition) is 3. The lowest BCUT2D eigenvalue weighted by molar-refractivity contribution is 1.07. The van der Waals surface area contributed by atoms with Gasteiger partial charge in [0, 0.05) is 16.7 Å². The third kappa shape index (κ3) is 5.78. The fourth-order valence-corrected chi connectivity index (χ4v) is 7.62. The zero-order valence-electron chi connectivity index (χ0n) is 29.4. The van der Waals surface area contributed by atoms with E-state index in [1.54, 1.807) is 0 Å². The highest BCUT2D eigenvalue weighted by Gasteiger charge is 2.16. The van der Waals surface area contributed by atoms with Gasteiger partial charge in [-0.3, -0.25) is 0 Å². The van der Waals surface area contributed by atoms with Crippen LogP contribution < -0.4 is 0 Å². The summed E-state index contributed by atoms with van der Waals surface area (Å²) in [5.41, 5.74) is 9.96. The average Bonchev–Trinajstić information content (AvgIpc) is 3.26. The van der Waals surface area contributed by atoms with Crippen LogP contribution in [-0.4, -0.2) is 15.0 Å². The van der Waals surface area contributed by atoms with Crippen molar-refractivity contribution in [3.63, 3.8) is 0 Å². The molecule has 0 spiro atoms. The third-order valence-corrected chi connectivity index (χ3v) is 10.3. The van der Waals surface area contributed by atoms with Crippen LogP contribution in [0.5, 0.6) is 0 Å². The van der Waals surface area contributed by atoms with Crippen LogP contribution in [0.25, 0.3) is 99.9 Å². The van der Waals surface area contributed by atoms with Crippen molar-refractivity contribution in [3.05, 3.63) is 200 Å². The van der Waals surface area contributed by atoms with Gasteiger partial charge >= 0.3 is 0 Å². The van der Waals surface area contributed by atoms with E-state index >= 15 is 0 Å². The number of hydrogen-bond donors (Lipinski definition) is 0. The van der Waals surface area contributed by atoms with Crippen molar-refractivity contribution >= 4 is 32.3 Å². The number of aromatic nitrogens is 3. The van der Waals surface area contributed by atoms with Gasteiger partial charge in [-0.1, -0.05) is 182 Å². The van der Waals surface area contributed by atoms with E-state index in [4.69, 9.17) is 15.0 Å². The zero-order chi connectivity index (χ0) is 35.8. The smallest absolute Gasteiger partial charge is 0.164 e. The maximum atomic E-state index is 5.13. The molecule has 54 heavy (non-hydrogen) atoms. The molecule has 0 radical (unpaired) electrons. The lowest BCUT2D eigenvalue weighted by Crippen LogP contribution is -2.00. The molecule has 10 aromatic rings. The Kier molecular flexibility index (Phi) is 7.81. The molecule has 3 nitrogen and oxygen atoms in total. The van der Waals surface area contributed by atoms with Crippen LogP contribution in [0.2, 0.25) is 0 Å². The van der Waals surface area contributed by atoms with Crippen LogP contribution >= 0.6 is 0 Å². The average molecular weight is 688 g/mol. The van der Waals surface area contributed by atoms with Crippen LogP contribution in [0.4, 0.5) is 0 Å². The molecule has 0 amide bonds. The molecule has 1 aromatic heterocycles. The highest BCUT2D eigenvalue weighted by atomic mass is 15.0. The summed E-state index contributed by atoms with van der Waals surface area (Å²) in [7, 11) is 0. The Bertz CT molecular complexity index is 2980. The Morgan fingerprint density at radius 3 is 1.43 bits per heavy atom. The molecule has 10 rings (SSSR count). The Morgan fingerprint density at radius 1 is 0.222 bits per heavy atom. The molecule has 0 aliphatic heterocycles. The summed E-state index contributed by atoms with van der Waals surface area (Å²) in [6.45, 7) is 0. The molecule has 0 saturated carbocycles. The number of fused-ring (bicyclic) bond motifs is 3. The Hall–Kier alpha value is -7.23. The predicted octanol–water partition coefficient (Wildman–Crippen LogP) is 13.3. The van der Waals surface area contributed by atoms with Gasteiger partial charge in [0.25, 0.3) is 0 Å². The van der Waals surface area contributed by atoms with E-state index in [-0.39, 0.29) is 0 Å². The monoisotopic (exact) mass is 687 g/mol. The maximum absolute atomic E-state index is 5.13. The molecule has 252 valence electrons. The largest absolute Gasteiger partial charge is 0.208 e. The van der Waals surface area contributed by atoms with Gasteiger partial charge < -0.3 is 0 Å². The molecule has 0 aliphatic carbocycles. The second-order valence-corrected chi connectivity index (χ2v) is 13.6. The molecule has 0 bridgehead atoms. The first kappa shape index (κ1) is 31.5. The third-order valence-electron chi connectivity index (χ3n) is 10.3. The number of benzene rings is 9. The van der Waals surface area contributed by atoms with E-state index in [0.717, 1.165) is 27.6 Å². The summed E-state index contributed by atoms with van der Waals surface area (Å²) in [4.78, 5) is 15.2. The number of nitrogens with zero attached hydrogens (tertiary/aromatic N) is 3. The fraction of sp³-hybridized carbons (Fsp3) is 0. The van der Waals surface area contributed by atoms with Gasteiger partial charge in [0.1, 0.15) is 0 Å². The summed E-state index contributed by atoms with van der Waals surface area (Å²) < 4.78 is 0. The van der Waals surface area contributed by atoms with Crippen LogP contribution in [0, 0.1) is 0 Å². The SMILES string of the molecule is c1ccc(-c2ccc3cc(-c4nc(-c5ccccc5)nc(-c5cccc(-c6ccc(-c7cccc8ccccc78)c7ccccc67)c5)n4)ccc3c2)cc1. The molecule has 9 aromatic carbocycles. The first-order valence-corrected chi connectivity index (χ1v) is 18.3. The molecule has 1 heterocycles. The van der Waals surface area contributed by atoms with Crippen molar-refractivity contribution in [1.29, 1.82) is 0 Å². The number of rotatable bonds is 6. The molecular weight excluding hydrogens is 655 g/mol. The van der Waals surface area contributed by atoms with E-state index in [1.165, 1.54) is 54.7 Å². The predicted molar refractivity (Wildman–Crippen MR) is 225 cm³/mol. The minimum absolute atomic E-state index is 0.636. The lowest BCUT2D eigenvalue weighted by atomic mass is 9.90. The van der Waals surface area contributed by atoms with E-state index in [1.807, 2.05) is 24.3 Å². The van der Waals surface area contributed by atoms with Gasteiger partial charge in [-0.2, -0.15) is 0 Å². The van der Waals surface area contributed by atoms with Gasteiger partial charge in [0.2, 0.25) is 0 Å². The minimum atomic E-state index is 0.636. The first-order valence-electron chi connectivity index (χ1n) is 18.3. The van der Waals surface area contributed by atoms with Crippen LogP contribution in [0.1, 0.15) is 0 Å². The van der Waals surface area contributed by atoms with Crippen molar-refractivity contribution in [2.45, 2.75) is 0 Å². The highest BCUT2D eigenvalue weighted by Crippen LogP contribution is 2.39. The minimum Gasteiger partial charge on any atom is -0.208 e. The van der Waals surface area contributed by atoms with Crippen molar-refractivity contribution in [2.24, 2.45) is 0 Å². The molecule has 3 heteroatoms. The van der Waals surface area contributed by atoms with Gasteiger partial charge in [0.05, 0.1) is 0 Å². The zero-order valence-corrected chi connectivity index (χ0v) is 29.4. The Morgan fingerprint density at radius 2 is 0.685 bits per heavy atom. The van der Waals surface area contributed by atoms with Crippen molar-refractivity contribution in [2.75, 3.05) is 0 Å². The Balaban J connectivity index is 1.08. The summed E-state index contributed by atoms with van der Waals surface area (Å²) in [5.74, 6) is 1.92. The molecule has 0 atom stereocenters. The van der Waals surface area contributed by atoms with Gasteiger partial charge in [-0.05, 0) is 83.9 Å². The van der Waals surface area contributed by atoms with Gasteiger partial charge in [-0.25, -0.2) is 15.0 Å². The standard InChI is InChI=1S/C51H33N3/c1-3-13-34(14-4-1)37-25-26-39-32-42(28-27-38(39)31-37)51-53-49(36-16-5-2-6-17-36)52-50(54-51)41-20-11-19-40(33-41)44-29-30-48(47-23-10-9-22-45(44)47)46-24-12-18-35-15-7-8-21-43(35)46/h1-33H. The highest BCUT2D eigenvalue weighted by molar-refractivity contribution is 6.09. The second kappa shape index (κ2) is 13.4. The fourth-order valence-electron chi connectivity index (χ4n) is 7.62. The molecule has 0 fully saturated rings.